The van der Waals surface area contributed by atoms with Gasteiger partial charge in [-0.1, -0.05) is 121 Å². The molecule has 0 radical (unpaired) electrons. The fourth-order valence-electron chi connectivity index (χ4n) is 7.50. The third-order valence-electron chi connectivity index (χ3n) is 9.92. The van der Waals surface area contributed by atoms with Crippen molar-refractivity contribution in [2.24, 2.45) is 0 Å². The first-order valence-electron chi connectivity index (χ1n) is 17.2. The summed E-state index contributed by atoms with van der Waals surface area (Å²) < 4.78 is 12.9. The average Bonchev–Trinajstić information content (AvgIpc) is 3.81. The number of oxazole rings is 1. The number of hydrogen-bond donors (Lipinski definition) is 0. The third-order valence-corrected chi connectivity index (χ3v) is 9.92. The van der Waals surface area contributed by atoms with Crippen LogP contribution >= 0.6 is 0 Å². The van der Waals surface area contributed by atoms with Crippen molar-refractivity contribution in [1.82, 2.24) is 19.9 Å². The Morgan fingerprint density at radius 2 is 1.04 bits per heavy atom. The average molecular weight is 667 g/mol. The number of para-hydroxylation sites is 1. The zero-order valence-electron chi connectivity index (χ0n) is 27.6. The number of hydrogen-bond acceptors (Lipinski definition) is 6. The Kier molecular flexibility index (Phi) is 6.15. The number of rotatable bonds is 4. The summed E-state index contributed by atoms with van der Waals surface area (Å²) >= 11 is 0. The van der Waals surface area contributed by atoms with Crippen molar-refractivity contribution in [3.8, 4) is 45.6 Å². The van der Waals surface area contributed by atoms with Crippen LogP contribution in [0.3, 0.4) is 0 Å². The Labute approximate surface area is 296 Å². The van der Waals surface area contributed by atoms with E-state index in [1.807, 2.05) is 60.7 Å². The molecule has 3 aromatic heterocycles. The molecular formula is C46H26N4O2. The smallest absolute Gasteiger partial charge is 0.227 e. The minimum atomic E-state index is 0.487. The van der Waals surface area contributed by atoms with E-state index in [4.69, 9.17) is 28.8 Å². The molecule has 0 aliphatic heterocycles. The first kappa shape index (κ1) is 28.6. The van der Waals surface area contributed by atoms with Crippen LogP contribution in [0.25, 0.3) is 111 Å². The molecule has 8 aromatic carbocycles. The second kappa shape index (κ2) is 11.2. The summed E-state index contributed by atoms with van der Waals surface area (Å²) in [5.41, 5.74) is 6.10. The predicted molar refractivity (Wildman–Crippen MR) is 209 cm³/mol. The molecule has 52 heavy (non-hydrogen) atoms. The third kappa shape index (κ3) is 4.44. The maximum Gasteiger partial charge on any atom is 0.227 e. The first-order valence-corrected chi connectivity index (χ1v) is 17.2. The topological polar surface area (TPSA) is 77.8 Å². The molecule has 11 rings (SSSR count). The molecule has 6 nitrogen and oxygen atoms in total. The van der Waals surface area contributed by atoms with Crippen LogP contribution < -0.4 is 0 Å². The van der Waals surface area contributed by atoms with Gasteiger partial charge in [0.1, 0.15) is 16.7 Å². The molecule has 0 aliphatic carbocycles. The Morgan fingerprint density at radius 3 is 1.90 bits per heavy atom. The molecule has 0 bridgehead atoms. The first-order chi connectivity index (χ1) is 25.7. The zero-order valence-corrected chi connectivity index (χ0v) is 27.6. The molecule has 0 saturated heterocycles. The van der Waals surface area contributed by atoms with Crippen molar-refractivity contribution in [3.63, 3.8) is 0 Å². The summed E-state index contributed by atoms with van der Waals surface area (Å²) in [6, 6.07) is 53.6. The van der Waals surface area contributed by atoms with Crippen molar-refractivity contribution in [2.45, 2.75) is 0 Å². The van der Waals surface area contributed by atoms with Gasteiger partial charge in [0.25, 0.3) is 0 Å². The molecule has 11 aromatic rings. The molecule has 0 saturated carbocycles. The summed E-state index contributed by atoms with van der Waals surface area (Å²) in [7, 11) is 0. The van der Waals surface area contributed by atoms with Crippen molar-refractivity contribution in [1.29, 1.82) is 0 Å². The van der Waals surface area contributed by atoms with Crippen molar-refractivity contribution in [3.05, 3.63) is 158 Å². The van der Waals surface area contributed by atoms with Gasteiger partial charge in [-0.25, -0.2) is 19.9 Å². The summed E-state index contributed by atoms with van der Waals surface area (Å²) in [6.45, 7) is 0. The molecule has 0 N–H and O–H groups in total. The van der Waals surface area contributed by atoms with E-state index in [2.05, 4.69) is 97.1 Å². The minimum absolute atomic E-state index is 0.487. The van der Waals surface area contributed by atoms with Crippen LogP contribution in [-0.4, -0.2) is 19.9 Å². The number of benzene rings is 8. The van der Waals surface area contributed by atoms with E-state index < -0.39 is 0 Å². The molecule has 0 aliphatic rings. The van der Waals surface area contributed by atoms with Gasteiger partial charge in [-0.15, -0.1) is 0 Å². The molecule has 0 unspecified atom stereocenters. The van der Waals surface area contributed by atoms with Gasteiger partial charge >= 0.3 is 0 Å². The molecule has 6 heteroatoms. The normalized spacial score (nSPS) is 11.8. The lowest BCUT2D eigenvalue weighted by Crippen LogP contribution is -2.01. The lowest BCUT2D eigenvalue weighted by molar-refractivity contribution is 0.617. The van der Waals surface area contributed by atoms with Crippen LogP contribution in [0.4, 0.5) is 0 Å². The number of fused-ring (bicyclic) bond motifs is 8. The van der Waals surface area contributed by atoms with Gasteiger partial charge in [0.15, 0.2) is 23.1 Å². The predicted octanol–water partition coefficient (Wildman–Crippen LogP) is 12.0. The highest BCUT2D eigenvalue weighted by Crippen LogP contribution is 2.43. The molecule has 0 spiro atoms. The fourth-order valence-corrected chi connectivity index (χ4v) is 7.50. The van der Waals surface area contributed by atoms with Crippen LogP contribution in [0.15, 0.2) is 167 Å². The molecule has 0 amide bonds. The maximum atomic E-state index is 6.46. The minimum Gasteiger partial charge on any atom is -0.456 e. The fraction of sp³-hybridized carbons (Fsp3) is 0. The summed E-state index contributed by atoms with van der Waals surface area (Å²) in [6.07, 6.45) is 0. The van der Waals surface area contributed by atoms with E-state index >= 15 is 0 Å². The zero-order chi connectivity index (χ0) is 34.2. The highest BCUT2D eigenvalue weighted by molar-refractivity contribution is 6.19. The van der Waals surface area contributed by atoms with Crippen molar-refractivity contribution >= 4 is 65.4 Å². The van der Waals surface area contributed by atoms with Gasteiger partial charge in [-0.3, -0.25) is 0 Å². The van der Waals surface area contributed by atoms with Crippen LogP contribution in [-0.2, 0) is 0 Å². The van der Waals surface area contributed by atoms with Crippen molar-refractivity contribution in [2.75, 3.05) is 0 Å². The van der Waals surface area contributed by atoms with E-state index in [9.17, 15) is 0 Å². The van der Waals surface area contributed by atoms with Crippen LogP contribution in [0.1, 0.15) is 0 Å². The second-order valence-corrected chi connectivity index (χ2v) is 13.0. The van der Waals surface area contributed by atoms with Gasteiger partial charge in [0.2, 0.25) is 5.89 Å². The van der Waals surface area contributed by atoms with Gasteiger partial charge in [-0.2, -0.15) is 0 Å². The summed E-state index contributed by atoms with van der Waals surface area (Å²) in [5, 5.41) is 8.57. The van der Waals surface area contributed by atoms with Gasteiger partial charge in [-0.05, 0) is 62.6 Å². The quantitative estimate of drug-likeness (QED) is 0.174. The highest BCUT2D eigenvalue weighted by atomic mass is 16.4. The number of aromatic nitrogens is 4. The monoisotopic (exact) mass is 666 g/mol. The Morgan fingerprint density at radius 1 is 0.365 bits per heavy atom. The van der Waals surface area contributed by atoms with Crippen LogP contribution in [0.5, 0.6) is 0 Å². The molecular weight excluding hydrogens is 641 g/mol. The number of furan rings is 1. The second-order valence-electron chi connectivity index (χ2n) is 13.0. The molecule has 0 fully saturated rings. The van der Waals surface area contributed by atoms with E-state index in [1.165, 1.54) is 5.39 Å². The van der Waals surface area contributed by atoms with E-state index in [0.29, 0.717) is 40.0 Å². The lowest BCUT2D eigenvalue weighted by Gasteiger charge is -2.13. The van der Waals surface area contributed by atoms with Gasteiger partial charge in [0, 0.05) is 33.5 Å². The number of nitrogens with zero attached hydrogens (tertiary/aromatic N) is 4. The van der Waals surface area contributed by atoms with E-state index in [0.717, 1.165) is 65.5 Å². The van der Waals surface area contributed by atoms with Gasteiger partial charge < -0.3 is 8.83 Å². The summed E-state index contributed by atoms with van der Waals surface area (Å²) in [5.74, 6) is 2.13. The Bertz CT molecular complexity index is 3200. The SMILES string of the molecule is c1ccc(-c2nc3c(-c4nc(-c5ccc6ccccc6c5)nc(-c5cc6ccccc6c6ccccc56)n4)c4c(cc3o2)oc2ccccc24)cc1. The largest absolute Gasteiger partial charge is 0.456 e. The highest BCUT2D eigenvalue weighted by Gasteiger charge is 2.25. The van der Waals surface area contributed by atoms with Gasteiger partial charge in [0.05, 0.1) is 5.56 Å². The summed E-state index contributed by atoms with van der Waals surface area (Å²) in [4.78, 5) is 21.0. The Hall–Kier alpha value is -7.18. The van der Waals surface area contributed by atoms with E-state index in [-0.39, 0.29) is 0 Å². The van der Waals surface area contributed by atoms with Crippen molar-refractivity contribution < 1.29 is 8.83 Å². The van der Waals surface area contributed by atoms with Crippen LogP contribution in [0, 0.1) is 0 Å². The molecule has 242 valence electrons. The molecule has 0 atom stereocenters. The standard InChI is InChI=1S/C46H26N4O2/c1-2-13-28(14-3-1)46-47-42-39(52-46)26-38-40(35-20-10-11-21-37(35)51-38)41(42)45-49-43(31-23-22-27-12-4-5-15-29(27)24-31)48-44(50-45)36-25-30-16-6-7-17-32(30)33-18-8-9-19-34(33)36/h1-26H. The van der Waals surface area contributed by atoms with Crippen LogP contribution in [0.2, 0.25) is 0 Å². The molecule has 3 heterocycles. The Balaban J connectivity index is 1.27. The lowest BCUT2D eigenvalue weighted by atomic mass is 9.96. The van der Waals surface area contributed by atoms with E-state index in [1.54, 1.807) is 0 Å². The maximum absolute atomic E-state index is 6.46.